The van der Waals surface area contributed by atoms with Crippen molar-refractivity contribution < 1.29 is 19.4 Å². The minimum Gasteiger partial charge on any atom is -0.465 e. The van der Waals surface area contributed by atoms with Gasteiger partial charge in [0.05, 0.1) is 17.7 Å². The van der Waals surface area contributed by atoms with E-state index in [0.717, 1.165) is 17.7 Å². The molecule has 1 aromatic rings. The van der Waals surface area contributed by atoms with Gasteiger partial charge in [-0.1, -0.05) is 11.8 Å². The van der Waals surface area contributed by atoms with Crippen LogP contribution in [0.4, 0.5) is 5.69 Å². The van der Waals surface area contributed by atoms with Crippen molar-refractivity contribution in [3.63, 3.8) is 0 Å². The minimum atomic E-state index is -0.458. The van der Waals surface area contributed by atoms with Crippen molar-refractivity contribution >= 4 is 28.9 Å². The van der Waals surface area contributed by atoms with Gasteiger partial charge in [-0.05, 0) is 46.1 Å². The highest BCUT2D eigenvalue weighted by Gasteiger charge is 2.32. The zero-order chi connectivity index (χ0) is 18.6. The Bertz CT molecular complexity index is 703. The van der Waals surface area contributed by atoms with E-state index in [1.807, 2.05) is 20.8 Å². The molecule has 0 spiro atoms. The summed E-state index contributed by atoms with van der Waals surface area (Å²) in [5.41, 5.74) is 0.422. The molecule has 0 saturated carbocycles. The van der Waals surface area contributed by atoms with Gasteiger partial charge in [-0.3, -0.25) is 4.79 Å². The van der Waals surface area contributed by atoms with E-state index in [0.29, 0.717) is 23.5 Å². The van der Waals surface area contributed by atoms with Crippen LogP contribution in [0.3, 0.4) is 0 Å². The smallest absolute Gasteiger partial charge is 0.350 e. The number of piperidine rings is 1. The topological polar surface area (TPSA) is 66.8 Å². The maximum Gasteiger partial charge on any atom is 0.350 e. The maximum absolute atomic E-state index is 12.7. The van der Waals surface area contributed by atoms with Crippen LogP contribution in [0.2, 0.25) is 0 Å². The van der Waals surface area contributed by atoms with E-state index in [-0.39, 0.29) is 23.8 Å². The van der Waals surface area contributed by atoms with Crippen molar-refractivity contribution in [3.05, 3.63) is 15.8 Å². The third kappa shape index (κ3) is 4.83. The first-order chi connectivity index (χ1) is 11.8. The lowest BCUT2D eigenvalue weighted by Gasteiger charge is -2.32. The molecular weight excluding hydrogens is 338 g/mol. The quantitative estimate of drug-likeness (QED) is 0.659. The van der Waals surface area contributed by atoms with Crippen molar-refractivity contribution in [2.75, 3.05) is 25.2 Å². The number of esters is 1. The van der Waals surface area contributed by atoms with Crippen LogP contribution in [-0.2, 0) is 9.53 Å². The van der Waals surface area contributed by atoms with Crippen LogP contribution in [0.1, 0.15) is 54.6 Å². The van der Waals surface area contributed by atoms with E-state index in [9.17, 15) is 9.59 Å². The van der Waals surface area contributed by atoms with E-state index >= 15 is 0 Å². The molecule has 1 atom stereocenters. The van der Waals surface area contributed by atoms with E-state index in [1.54, 1.807) is 11.0 Å². The lowest BCUT2D eigenvalue weighted by Crippen LogP contribution is -2.42. The number of methoxy groups -OCH3 is 1. The van der Waals surface area contributed by atoms with E-state index in [1.165, 1.54) is 18.4 Å². The number of aliphatic hydroxyl groups excluding tert-OH is 1. The Labute approximate surface area is 153 Å². The van der Waals surface area contributed by atoms with Gasteiger partial charge in [0.25, 0.3) is 0 Å². The lowest BCUT2D eigenvalue weighted by molar-refractivity contribution is -0.124. The van der Waals surface area contributed by atoms with Gasteiger partial charge in [-0.2, -0.15) is 0 Å². The summed E-state index contributed by atoms with van der Waals surface area (Å²) in [4.78, 5) is 27.7. The molecule has 0 aromatic carbocycles. The molecule has 1 aromatic heterocycles. The third-order valence-electron chi connectivity index (χ3n) is 3.96. The molecular formula is C19H25NO4S. The van der Waals surface area contributed by atoms with Crippen LogP contribution in [0.5, 0.6) is 0 Å². The molecule has 1 saturated heterocycles. The van der Waals surface area contributed by atoms with Gasteiger partial charge in [0.15, 0.2) is 0 Å². The average molecular weight is 363 g/mol. The summed E-state index contributed by atoms with van der Waals surface area (Å²) in [5, 5.41) is 9.16. The van der Waals surface area contributed by atoms with Crippen molar-refractivity contribution in [3.8, 4) is 11.8 Å². The van der Waals surface area contributed by atoms with Crippen LogP contribution >= 0.6 is 11.3 Å². The molecule has 1 fully saturated rings. The Hall–Kier alpha value is -1.84. The van der Waals surface area contributed by atoms with Gasteiger partial charge in [0.1, 0.15) is 4.88 Å². The highest BCUT2D eigenvalue weighted by molar-refractivity contribution is 7.15. The molecule has 0 bridgehead atoms. The number of carbonyl (C=O) groups excluding carboxylic acids is 2. The molecule has 0 radical (unpaired) electrons. The summed E-state index contributed by atoms with van der Waals surface area (Å²) < 4.78 is 4.88. The van der Waals surface area contributed by atoms with Crippen LogP contribution < -0.4 is 4.90 Å². The Kier molecular flexibility index (Phi) is 6.26. The molecule has 1 unspecified atom stereocenters. The fourth-order valence-corrected chi connectivity index (χ4v) is 3.68. The highest BCUT2D eigenvalue weighted by Crippen LogP contribution is 2.35. The van der Waals surface area contributed by atoms with Crippen molar-refractivity contribution in [2.45, 2.75) is 40.0 Å². The predicted molar refractivity (Wildman–Crippen MR) is 98.8 cm³/mol. The molecule has 1 aliphatic heterocycles. The zero-order valence-electron chi connectivity index (χ0n) is 15.2. The number of thiophene rings is 1. The second-order valence-electron chi connectivity index (χ2n) is 7.16. The number of hydrogen-bond acceptors (Lipinski definition) is 5. The summed E-state index contributed by atoms with van der Waals surface area (Å²) in [6, 6.07) is 1.80. The fourth-order valence-electron chi connectivity index (χ4n) is 2.74. The molecule has 0 aliphatic carbocycles. The Morgan fingerprint density at radius 1 is 1.48 bits per heavy atom. The Morgan fingerprint density at radius 3 is 2.80 bits per heavy atom. The first-order valence-electron chi connectivity index (χ1n) is 8.44. The van der Waals surface area contributed by atoms with Gasteiger partial charge in [0, 0.05) is 24.5 Å². The molecule has 2 heterocycles. The third-order valence-corrected chi connectivity index (χ3v) is 4.98. The van der Waals surface area contributed by atoms with Crippen molar-refractivity contribution in [2.24, 2.45) is 11.3 Å². The fraction of sp³-hybridized carbons (Fsp3) is 0.579. The average Bonchev–Trinajstić information content (AvgIpc) is 2.98. The predicted octanol–water partition coefficient (Wildman–Crippen LogP) is 3.06. The number of amides is 1. The molecule has 2 rings (SSSR count). The van der Waals surface area contributed by atoms with Gasteiger partial charge < -0.3 is 14.7 Å². The highest BCUT2D eigenvalue weighted by atomic mass is 32.1. The summed E-state index contributed by atoms with van der Waals surface area (Å²) in [7, 11) is 1.33. The van der Waals surface area contributed by atoms with E-state index < -0.39 is 5.97 Å². The minimum absolute atomic E-state index is 0.0138. The Morgan fingerprint density at radius 2 is 2.20 bits per heavy atom. The molecule has 1 amide bonds. The number of carbonyl (C=O) groups is 2. The van der Waals surface area contributed by atoms with Crippen molar-refractivity contribution in [1.82, 2.24) is 0 Å². The summed E-state index contributed by atoms with van der Waals surface area (Å²) in [6.07, 6.45) is 2.06. The molecule has 1 aliphatic rings. The summed E-state index contributed by atoms with van der Waals surface area (Å²) in [6.45, 7) is 6.60. The van der Waals surface area contributed by atoms with Crippen LogP contribution in [0.25, 0.3) is 0 Å². The van der Waals surface area contributed by atoms with Gasteiger partial charge in [-0.25, -0.2) is 4.79 Å². The normalized spacial score (nSPS) is 17.9. The van der Waals surface area contributed by atoms with Crippen LogP contribution in [-0.4, -0.2) is 37.2 Å². The largest absolute Gasteiger partial charge is 0.465 e. The number of aliphatic hydroxyl groups is 1. The molecule has 6 heteroatoms. The van der Waals surface area contributed by atoms with Crippen LogP contribution in [0, 0.1) is 23.2 Å². The van der Waals surface area contributed by atoms with E-state index in [4.69, 9.17) is 9.84 Å². The molecule has 5 nitrogen and oxygen atoms in total. The lowest BCUT2D eigenvalue weighted by atomic mass is 9.93. The number of ether oxygens (including phenoxy) is 1. The van der Waals surface area contributed by atoms with Crippen molar-refractivity contribution in [1.29, 1.82) is 0 Å². The Balaban J connectivity index is 2.40. The standard InChI is InChI=1S/C19H25NO4S/c1-19(2,3)9-7-14-12-15(16(25-14)18(23)24-4)20-10-5-6-13(8-11-21)17(20)22/h12-13,21H,5-6,8,10-11H2,1-4H3. The molecule has 136 valence electrons. The van der Waals surface area contributed by atoms with Crippen LogP contribution in [0.15, 0.2) is 6.07 Å². The molecule has 1 N–H and O–H groups in total. The maximum atomic E-state index is 12.7. The summed E-state index contributed by atoms with van der Waals surface area (Å²) in [5.74, 6) is 5.55. The van der Waals surface area contributed by atoms with Gasteiger partial charge in [-0.15, -0.1) is 11.3 Å². The number of anilines is 1. The van der Waals surface area contributed by atoms with Gasteiger partial charge >= 0.3 is 5.97 Å². The van der Waals surface area contributed by atoms with Gasteiger partial charge in [0.2, 0.25) is 5.91 Å². The summed E-state index contributed by atoms with van der Waals surface area (Å²) >= 11 is 1.25. The second kappa shape index (κ2) is 8.03. The number of nitrogens with zero attached hydrogens (tertiary/aromatic N) is 1. The SMILES string of the molecule is COC(=O)c1sc(C#CC(C)(C)C)cc1N1CCCC(CCO)C1=O. The second-order valence-corrected chi connectivity index (χ2v) is 8.21. The zero-order valence-corrected chi connectivity index (χ0v) is 16.0. The first-order valence-corrected chi connectivity index (χ1v) is 9.26. The number of hydrogen-bond donors (Lipinski definition) is 1. The number of rotatable bonds is 4. The monoisotopic (exact) mass is 363 g/mol. The first kappa shape index (κ1) is 19.5. The van der Waals surface area contributed by atoms with E-state index in [2.05, 4.69) is 11.8 Å². The molecule has 25 heavy (non-hydrogen) atoms.